The summed E-state index contributed by atoms with van der Waals surface area (Å²) in [7, 11) is 0. The maximum absolute atomic E-state index is 12.4. The van der Waals surface area contributed by atoms with E-state index in [1.54, 1.807) is 20.8 Å². The molecule has 1 rings (SSSR count). The van der Waals surface area contributed by atoms with Crippen LogP contribution in [-0.2, 0) is 20.8 Å². The van der Waals surface area contributed by atoms with Crippen LogP contribution in [0.25, 0.3) is 0 Å². The van der Waals surface area contributed by atoms with Gasteiger partial charge in [-0.25, -0.2) is 9.59 Å². The van der Waals surface area contributed by atoms with E-state index in [0.717, 1.165) is 11.1 Å². The molecule has 0 spiro atoms. The number of rotatable bonds is 6. The summed E-state index contributed by atoms with van der Waals surface area (Å²) in [5, 5.41) is 5.39. The summed E-state index contributed by atoms with van der Waals surface area (Å²) in [6.07, 6.45) is 0. The van der Waals surface area contributed by atoms with Crippen LogP contribution in [-0.4, -0.2) is 35.9 Å². The number of esters is 1. The average Bonchev–Trinajstić information content (AvgIpc) is 2.48. The van der Waals surface area contributed by atoms with Crippen molar-refractivity contribution in [3.05, 3.63) is 35.4 Å². The fraction of sp³-hybridized carbons (Fsp3) is 0.600. The second-order valence-corrected chi connectivity index (χ2v) is 8.32. The van der Waals surface area contributed by atoms with Gasteiger partial charge in [0.15, 0.2) is 6.04 Å². The van der Waals surface area contributed by atoms with Crippen molar-refractivity contribution in [1.29, 1.82) is 0 Å². The lowest BCUT2D eigenvalue weighted by atomic mass is 10.1. The summed E-state index contributed by atoms with van der Waals surface area (Å²) in [6.45, 7) is 13.4. The number of ether oxygens (including phenoxy) is 2. The molecule has 0 saturated heterocycles. The molecule has 146 valence electrons. The van der Waals surface area contributed by atoms with Gasteiger partial charge in [0.2, 0.25) is 0 Å². The van der Waals surface area contributed by atoms with E-state index in [1.807, 2.05) is 52.0 Å². The van der Waals surface area contributed by atoms with E-state index in [4.69, 9.17) is 9.47 Å². The Bertz CT molecular complexity index is 598. The molecule has 1 aromatic carbocycles. The van der Waals surface area contributed by atoms with Crippen molar-refractivity contribution in [2.24, 2.45) is 0 Å². The maximum Gasteiger partial charge on any atom is 0.331 e. The van der Waals surface area contributed by atoms with E-state index in [1.165, 1.54) is 0 Å². The van der Waals surface area contributed by atoms with Crippen molar-refractivity contribution < 1.29 is 19.1 Å². The molecule has 26 heavy (non-hydrogen) atoms. The zero-order valence-corrected chi connectivity index (χ0v) is 16.9. The average molecular weight is 364 g/mol. The Balaban J connectivity index is 2.65. The quantitative estimate of drug-likeness (QED) is 0.759. The first-order chi connectivity index (χ1) is 11.9. The molecule has 0 radical (unpaired) electrons. The predicted molar refractivity (Wildman–Crippen MR) is 102 cm³/mol. The van der Waals surface area contributed by atoms with Crippen LogP contribution in [0.1, 0.15) is 52.7 Å². The summed E-state index contributed by atoms with van der Waals surface area (Å²) in [6, 6.07) is 6.53. The molecule has 0 saturated carbocycles. The van der Waals surface area contributed by atoms with Crippen LogP contribution in [0.2, 0.25) is 0 Å². The molecule has 6 heteroatoms. The van der Waals surface area contributed by atoms with Crippen LogP contribution in [0.3, 0.4) is 0 Å². The van der Waals surface area contributed by atoms with Crippen LogP contribution in [0.5, 0.6) is 0 Å². The van der Waals surface area contributed by atoms with E-state index in [0.29, 0.717) is 6.54 Å². The molecule has 0 heterocycles. The molecule has 1 unspecified atom stereocenters. The van der Waals surface area contributed by atoms with Gasteiger partial charge in [-0.05, 0) is 54.0 Å². The van der Waals surface area contributed by atoms with Crippen LogP contribution in [0, 0.1) is 6.92 Å². The van der Waals surface area contributed by atoms with Gasteiger partial charge in [-0.3, -0.25) is 0 Å². The van der Waals surface area contributed by atoms with Gasteiger partial charge >= 0.3 is 12.0 Å². The van der Waals surface area contributed by atoms with Gasteiger partial charge in [-0.15, -0.1) is 0 Å². The van der Waals surface area contributed by atoms with E-state index < -0.39 is 29.2 Å². The highest BCUT2D eigenvalue weighted by Crippen LogP contribution is 2.12. The fourth-order valence-corrected chi connectivity index (χ4v) is 1.97. The molecule has 2 amide bonds. The zero-order valence-electron chi connectivity index (χ0n) is 16.9. The number of aryl methyl sites for hydroxylation is 1. The van der Waals surface area contributed by atoms with E-state index in [2.05, 4.69) is 10.6 Å². The smallest absolute Gasteiger partial charge is 0.331 e. The normalized spacial score (nSPS) is 13.0. The van der Waals surface area contributed by atoms with Gasteiger partial charge in [0, 0.05) is 6.54 Å². The zero-order chi connectivity index (χ0) is 20.0. The van der Waals surface area contributed by atoms with Crippen molar-refractivity contribution >= 4 is 12.0 Å². The van der Waals surface area contributed by atoms with Crippen LogP contribution in [0.4, 0.5) is 4.79 Å². The Morgan fingerprint density at radius 3 is 2.08 bits per heavy atom. The van der Waals surface area contributed by atoms with Gasteiger partial charge in [0.05, 0.1) is 12.2 Å². The second-order valence-electron chi connectivity index (χ2n) is 8.32. The molecule has 2 N–H and O–H groups in total. The third-order valence-electron chi connectivity index (χ3n) is 3.25. The van der Waals surface area contributed by atoms with Gasteiger partial charge in [-0.2, -0.15) is 0 Å². The van der Waals surface area contributed by atoms with Crippen molar-refractivity contribution in [2.75, 3.05) is 6.61 Å². The molecule has 0 aromatic heterocycles. The molecule has 1 aromatic rings. The molecule has 6 nitrogen and oxygen atoms in total. The molecule has 1 atom stereocenters. The number of hydrogen-bond acceptors (Lipinski definition) is 4. The molecular formula is C20H32N2O4. The Kier molecular flexibility index (Phi) is 7.63. The Morgan fingerprint density at radius 2 is 1.58 bits per heavy atom. The topological polar surface area (TPSA) is 76.7 Å². The standard InChI is InChI=1S/C20H32N2O4/c1-14-8-10-15(11-9-14)12-21-18(24)22-16(13-25-19(2,3)4)17(23)26-20(5,6)7/h8-11,16H,12-13H2,1-7H3,(H2,21,22,24). The van der Waals surface area contributed by atoms with Crippen LogP contribution in [0.15, 0.2) is 24.3 Å². The van der Waals surface area contributed by atoms with Crippen molar-refractivity contribution in [2.45, 2.75) is 72.3 Å². The first-order valence-electron chi connectivity index (χ1n) is 8.82. The monoisotopic (exact) mass is 364 g/mol. The number of nitrogens with one attached hydrogen (secondary N) is 2. The Morgan fingerprint density at radius 1 is 1.00 bits per heavy atom. The Labute approximate surface area is 156 Å². The molecule has 0 aliphatic rings. The summed E-state index contributed by atoms with van der Waals surface area (Å²) >= 11 is 0. The number of hydrogen-bond donors (Lipinski definition) is 2. The lowest BCUT2D eigenvalue weighted by Crippen LogP contribution is -2.51. The van der Waals surface area contributed by atoms with Crippen molar-refractivity contribution in [3.8, 4) is 0 Å². The predicted octanol–water partition coefficient (Wildman–Crippen LogP) is 3.32. The second kappa shape index (κ2) is 9.03. The summed E-state index contributed by atoms with van der Waals surface area (Å²) in [5.74, 6) is -0.521. The molecule has 0 aliphatic carbocycles. The highest BCUT2D eigenvalue weighted by molar-refractivity contribution is 5.83. The maximum atomic E-state index is 12.4. The molecule has 0 bridgehead atoms. The molecule has 0 fully saturated rings. The number of carbonyl (C=O) groups is 2. The molecular weight excluding hydrogens is 332 g/mol. The van der Waals surface area contributed by atoms with E-state index >= 15 is 0 Å². The minimum absolute atomic E-state index is 0.0381. The summed E-state index contributed by atoms with van der Waals surface area (Å²) < 4.78 is 11.0. The van der Waals surface area contributed by atoms with Crippen LogP contribution < -0.4 is 10.6 Å². The van der Waals surface area contributed by atoms with Crippen molar-refractivity contribution in [1.82, 2.24) is 10.6 Å². The Hall–Kier alpha value is -2.08. The summed E-state index contributed by atoms with van der Waals surface area (Å²) in [4.78, 5) is 24.6. The highest BCUT2D eigenvalue weighted by atomic mass is 16.6. The minimum atomic E-state index is -0.883. The molecule has 0 aliphatic heterocycles. The first-order valence-corrected chi connectivity index (χ1v) is 8.82. The third-order valence-corrected chi connectivity index (χ3v) is 3.25. The van der Waals surface area contributed by atoms with Gasteiger partial charge in [0.1, 0.15) is 5.60 Å². The van der Waals surface area contributed by atoms with Crippen molar-refractivity contribution in [3.63, 3.8) is 0 Å². The van der Waals surface area contributed by atoms with E-state index in [-0.39, 0.29) is 6.61 Å². The third kappa shape index (κ3) is 9.42. The first kappa shape index (κ1) is 22.0. The van der Waals surface area contributed by atoms with Gasteiger partial charge in [-0.1, -0.05) is 29.8 Å². The van der Waals surface area contributed by atoms with Crippen LogP contribution >= 0.6 is 0 Å². The highest BCUT2D eigenvalue weighted by Gasteiger charge is 2.28. The lowest BCUT2D eigenvalue weighted by molar-refractivity contribution is -0.160. The number of carbonyl (C=O) groups excluding carboxylic acids is 2. The number of benzene rings is 1. The number of urea groups is 1. The summed E-state index contributed by atoms with van der Waals surface area (Å²) in [5.41, 5.74) is 1.06. The lowest BCUT2D eigenvalue weighted by Gasteiger charge is -2.27. The van der Waals surface area contributed by atoms with Gasteiger partial charge in [0.25, 0.3) is 0 Å². The number of amides is 2. The minimum Gasteiger partial charge on any atom is -0.458 e. The van der Waals surface area contributed by atoms with E-state index in [9.17, 15) is 9.59 Å². The van der Waals surface area contributed by atoms with Gasteiger partial charge < -0.3 is 20.1 Å². The largest absolute Gasteiger partial charge is 0.458 e. The fourth-order valence-electron chi connectivity index (χ4n) is 1.97. The SMILES string of the molecule is Cc1ccc(CNC(=O)NC(COC(C)(C)C)C(=O)OC(C)(C)C)cc1.